The Labute approximate surface area is 62.6 Å². The summed E-state index contributed by atoms with van der Waals surface area (Å²) in [6.07, 6.45) is 9.91. The lowest BCUT2D eigenvalue weighted by Gasteiger charge is -2.20. The third-order valence-electron chi connectivity index (χ3n) is 2.93. The van der Waals surface area contributed by atoms with Gasteiger partial charge in [0.1, 0.15) is 0 Å². The Morgan fingerprint density at radius 2 is 2.10 bits per heavy atom. The third kappa shape index (κ3) is 0.828. The second-order valence-electron chi connectivity index (χ2n) is 3.51. The molecule has 2 aliphatic carbocycles. The van der Waals surface area contributed by atoms with Gasteiger partial charge in [0.05, 0.1) is 0 Å². The molecule has 2 aliphatic rings. The number of hydrogen-bond donors (Lipinski definition) is 0. The van der Waals surface area contributed by atoms with E-state index >= 15 is 0 Å². The minimum atomic E-state index is 0.852. The maximum absolute atomic E-state index is 4.10. The predicted octanol–water partition coefficient (Wildman–Crippen LogP) is 2.92. The van der Waals surface area contributed by atoms with Crippen LogP contribution < -0.4 is 0 Å². The van der Waals surface area contributed by atoms with E-state index in [-0.39, 0.29) is 0 Å². The molecule has 0 amide bonds. The molecule has 0 bridgehead atoms. The number of rotatable bonds is 0. The zero-order chi connectivity index (χ0) is 6.97. The van der Waals surface area contributed by atoms with Gasteiger partial charge in [-0.25, -0.2) is 0 Å². The van der Waals surface area contributed by atoms with Gasteiger partial charge in [-0.1, -0.05) is 24.3 Å². The molecule has 0 N–H and O–H groups in total. The molecule has 0 nitrogen and oxygen atoms in total. The summed E-state index contributed by atoms with van der Waals surface area (Å²) in [5.74, 6) is 1.81. The average Bonchev–Trinajstić information content (AvgIpc) is 2.34. The van der Waals surface area contributed by atoms with Crippen LogP contribution in [0.25, 0.3) is 0 Å². The van der Waals surface area contributed by atoms with Gasteiger partial charge in [0, 0.05) is 0 Å². The fourth-order valence-corrected chi connectivity index (χ4v) is 2.25. The Hall–Kier alpha value is -0.520. The van der Waals surface area contributed by atoms with Gasteiger partial charge in [-0.15, -0.1) is 0 Å². The van der Waals surface area contributed by atoms with Gasteiger partial charge < -0.3 is 0 Å². The molecular weight excluding hydrogens is 120 g/mol. The summed E-state index contributed by atoms with van der Waals surface area (Å²) in [4.78, 5) is 0. The number of hydrogen-bond acceptors (Lipinski definition) is 0. The van der Waals surface area contributed by atoms with E-state index in [4.69, 9.17) is 0 Å². The molecule has 10 heavy (non-hydrogen) atoms. The van der Waals surface area contributed by atoms with Gasteiger partial charge in [-0.05, 0) is 37.5 Å². The zero-order valence-corrected chi connectivity index (χ0v) is 6.34. The van der Waals surface area contributed by atoms with Crippen molar-refractivity contribution in [2.24, 2.45) is 11.8 Å². The fourth-order valence-electron chi connectivity index (χ4n) is 2.25. The quantitative estimate of drug-likeness (QED) is 0.447. The Balaban J connectivity index is 2.17. The molecule has 54 valence electrons. The van der Waals surface area contributed by atoms with Crippen molar-refractivity contribution in [2.45, 2.75) is 25.7 Å². The number of fused-ring (bicyclic) bond motifs is 1. The highest BCUT2D eigenvalue weighted by Gasteiger charge is 2.29. The summed E-state index contributed by atoms with van der Waals surface area (Å²) < 4.78 is 0. The molecule has 1 fully saturated rings. The van der Waals surface area contributed by atoms with Gasteiger partial charge in [-0.2, -0.15) is 0 Å². The standard InChI is InChI=1S/C10H14/c1-8-6-7-9-4-2-3-5-10(8)9/h2-3,9-10H,1,4-7H2/t9-,10+/m0/s1. The first-order chi connectivity index (χ1) is 4.88. The monoisotopic (exact) mass is 134 g/mol. The van der Waals surface area contributed by atoms with Crippen LogP contribution in [0.2, 0.25) is 0 Å². The van der Waals surface area contributed by atoms with Crippen LogP contribution in [0.15, 0.2) is 24.3 Å². The second-order valence-corrected chi connectivity index (χ2v) is 3.51. The van der Waals surface area contributed by atoms with E-state index < -0.39 is 0 Å². The maximum Gasteiger partial charge on any atom is -0.0140 e. The Kier molecular flexibility index (Phi) is 1.40. The summed E-state index contributed by atoms with van der Waals surface area (Å²) in [6.45, 7) is 4.10. The summed E-state index contributed by atoms with van der Waals surface area (Å²) in [5, 5.41) is 0. The minimum Gasteiger partial charge on any atom is -0.0996 e. The molecule has 0 aromatic heterocycles. The first-order valence-electron chi connectivity index (χ1n) is 4.20. The first kappa shape index (κ1) is 6.21. The molecule has 0 radical (unpaired) electrons. The summed E-state index contributed by atoms with van der Waals surface area (Å²) in [6, 6.07) is 0. The Morgan fingerprint density at radius 1 is 1.30 bits per heavy atom. The lowest BCUT2D eigenvalue weighted by atomic mass is 9.85. The van der Waals surface area contributed by atoms with Gasteiger partial charge in [-0.3, -0.25) is 0 Å². The van der Waals surface area contributed by atoms with Gasteiger partial charge in [0.25, 0.3) is 0 Å². The molecule has 0 aromatic carbocycles. The molecule has 0 spiro atoms. The van der Waals surface area contributed by atoms with Crippen molar-refractivity contribution in [3.8, 4) is 0 Å². The van der Waals surface area contributed by atoms with Crippen molar-refractivity contribution in [1.29, 1.82) is 0 Å². The normalized spacial score (nSPS) is 38.2. The van der Waals surface area contributed by atoms with E-state index in [1.807, 2.05) is 0 Å². The van der Waals surface area contributed by atoms with Crippen LogP contribution in [0.5, 0.6) is 0 Å². The van der Waals surface area contributed by atoms with Crippen LogP contribution in [0, 0.1) is 11.8 Å². The lowest BCUT2D eigenvalue weighted by Crippen LogP contribution is -2.10. The highest BCUT2D eigenvalue weighted by Crippen LogP contribution is 2.42. The highest BCUT2D eigenvalue weighted by atomic mass is 14.3. The summed E-state index contributed by atoms with van der Waals surface area (Å²) in [7, 11) is 0. The SMILES string of the molecule is C=C1CC[C@@H]2CC=CC[C@H]12. The largest absolute Gasteiger partial charge is 0.0996 e. The van der Waals surface area contributed by atoms with E-state index in [0.717, 1.165) is 11.8 Å². The molecule has 2 atom stereocenters. The molecular formula is C10H14. The fraction of sp³-hybridized carbons (Fsp3) is 0.600. The zero-order valence-electron chi connectivity index (χ0n) is 6.34. The van der Waals surface area contributed by atoms with Crippen molar-refractivity contribution in [2.75, 3.05) is 0 Å². The van der Waals surface area contributed by atoms with Gasteiger partial charge in [0.15, 0.2) is 0 Å². The van der Waals surface area contributed by atoms with Gasteiger partial charge in [0.2, 0.25) is 0 Å². The van der Waals surface area contributed by atoms with Crippen LogP contribution in [0.1, 0.15) is 25.7 Å². The van der Waals surface area contributed by atoms with E-state index in [9.17, 15) is 0 Å². The smallest absolute Gasteiger partial charge is 0.0140 e. The van der Waals surface area contributed by atoms with Crippen molar-refractivity contribution < 1.29 is 0 Å². The van der Waals surface area contributed by atoms with E-state index in [1.165, 1.54) is 31.3 Å². The second kappa shape index (κ2) is 2.26. The molecule has 0 aromatic rings. The molecule has 1 saturated carbocycles. The molecule has 2 rings (SSSR count). The van der Waals surface area contributed by atoms with Crippen molar-refractivity contribution in [3.63, 3.8) is 0 Å². The summed E-state index contributed by atoms with van der Waals surface area (Å²) >= 11 is 0. The molecule has 0 aliphatic heterocycles. The van der Waals surface area contributed by atoms with Crippen molar-refractivity contribution >= 4 is 0 Å². The number of allylic oxidation sites excluding steroid dienone is 3. The Bertz CT molecular complexity index is 176. The molecule has 0 saturated heterocycles. The van der Waals surface area contributed by atoms with Gasteiger partial charge >= 0.3 is 0 Å². The van der Waals surface area contributed by atoms with Crippen molar-refractivity contribution in [1.82, 2.24) is 0 Å². The molecule has 0 unspecified atom stereocenters. The van der Waals surface area contributed by atoms with E-state index in [0.29, 0.717) is 0 Å². The highest BCUT2D eigenvalue weighted by molar-refractivity contribution is 5.14. The lowest BCUT2D eigenvalue weighted by molar-refractivity contribution is 0.413. The Morgan fingerprint density at radius 3 is 2.90 bits per heavy atom. The van der Waals surface area contributed by atoms with Crippen LogP contribution in [0.4, 0.5) is 0 Å². The van der Waals surface area contributed by atoms with Crippen LogP contribution in [0.3, 0.4) is 0 Å². The maximum atomic E-state index is 4.10. The van der Waals surface area contributed by atoms with E-state index in [1.54, 1.807) is 0 Å². The molecule has 0 heteroatoms. The topological polar surface area (TPSA) is 0 Å². The van der Waals surface area contributed by atoms with Crippen LogP contribution in [-0.4, -0.2) is 0 Å². The minimum absolute atomic E-state index is 0.852. The van der Waals surface area contributed by atoms with E-state index in [2.05, 4.69) is 18.7 Å². The van der Waals surface area contributed by atoms with Crippen LogP contribution >= 0.6 is 0 Å². The van der Waals surface area contributed by atoms with Crippen molar-refractivity contribution in [3.05, 3.63) is 24.3 Å². The predicted molar refractivity (Wildman–Crippen MR) is 43.7 cm³/mol. The van der Waals surface area contributed by atoms with Crippen LogP contribution in [-0.2, 0) is 0 Å². The molecule has 0 heterocycles. The first-order valence-corrected chi connectivity index (χ1v) is 4.20. The average molecular weight is 134 g/mol. The third-order valence-corrected chi connectivity index (χ3v) is 2.93. The summed E-state index contributed by atoms with van der Waals surface area (Å²) in [5.41, 5.74) is 1.51.